The number of anilines is 2. The fourth-order valence-electron chi connectivity index (χ4n) is 2.37. The van der Waals surface area contributed by atoms with Gasteiger partial charge in [-0.3, -0.25) is 4.79 Å². The zero-order valence-corrected chi connectivity index (χ0v) is 11.2. The minimum atomic E-state index is -0.301. The lowest BCUT2D eigenvalue weighted by molar-refractivity contribution is 0.102. The normalized spacial score (nSPS) is 12.7. The molecule has 1 heterocycles. The second-order valence-electron chi connectivity index (χ2n) is 4.97. The first-order chi connectivity index (χ1) is 9.63. The van der Waals surface area contributed by atoms with Crippen LogP contribution < -0.4 is 10.6 Å². The van der Waals surface area contributed by atoms with Gasteiger partial charge in [0, 0.05) is 23.5 Å². The summed E-state index contributed by atoms with van der Waals surface area (Å²) in [6.07, 6.45) is 0.967. The number of nitrogens with one attached hydrogen (secondary N) is 2. The van der Waals surface area contributed by atoms with Crippen LogP contribution in [0.2, 0.25) is 0 Å². The fraction of sp³-hybridized carbons (Fsp3) is 0.188. The van der Waals surface area contributed by atoms with Gasteiger partial charge in [-0.1, -0.05) is 0 Å². The molecule has 0 saturated carbocycles. The predicted octanol–water partition coefficient (Wildman–Crippen LogP) is 3.35. The summed E-state index contributed by atoms with van der Waals surface area (Å²) in [6, 6.07) is 10.2. The van der Waals surface area contributed by atoms with Crippen LogP contribution in [-0.2, 0) is 6.42 Å². The number of rotatable bonds is 2. The standard InChI is InChI=1S/C16H15FN2O/c1-10-8-12(2-4-14(10)17)16(20)19-13-3-5-15-11(9-13)6-7-18-15/h2-5,8-9,18H,6-7H2,1H3,(H,19,20). The van der Waals surface area contributed by atoms with Crippen molar-refractivity contribution in [1.82, 2.24) is 0 Å². The SMILES string of the molecule is Cc1cc(C(=O)Nc2ccc3c(c2)CCN3)ccc1F. The first-order valence-corrected chi connectivity index (χ1v) is 6.58. The molecule has 102 valence electrons. The Morgan fingerprint density at radius 2 is 2.10 bits per heavy atom. The summed E-state index contributed by atoms with van der Waals surface area (Å²) < 4.78 is 13.2. The number of benzene rings is 2. The van der Waals surface area contributed by atoms with Crippen LogP contribution in [0.4, 0.5) is 15.8 Å². The van der Waals surface area contributed by atoms with Gasteiger partial charge in [-0.2, -0.15) is 0 Å². The van der Waals surface area contributed by atoms with E-state index in [-0.39, 0.29) is 11.7 Å². The molecule has 1 aliphatic heterocycles. The van der Waals surface area contributed by atoms with Crippen molar-refractivity contribution in [2.24, 2.45) is 0 Å². The molecule has 20 heavy (non-hydrogen) atoms. The van der Waals surface area contributed by atoms with Gasteiger partial charge in [-0.25, -0.2) is 4.39 Å². The monoisotopic (exact) mass is 270 g/mol. The first-order valence-electron chi connectivity index (χ1n) is 6.58. The minimum absolute atomic E-state index is 0.223. The van der Waals surface area contributed by atoms with Crippen LogP contribution in [0.3, 0.4) is 0 Å². The molecule has 1 aliphatic rings. The number of carbonyl (C=O) groups excluding carboxylic acids is 1. The van der Waals surface area contributed by atoms with Crippen molar-refractivity contribution < 1.29 is 9.18 Å². The van der Waals surface area contributed by atoms with Crippen LogP contribution in [0, 0.1) is 12.7 Å². The third kappa shape index (κ3) is 2.37. The van der Waals surface area contributed by atoms with Crippen LogP contribution in [0.25, 0.3) is 0 Å². The van der Waals surface area contributed by atoms with E-state index in [9.17, 15) is 9.18 Å². The van der Waals surface area contributed by atoms with Gasteiger partial charge in [0.1, 0.15) is 5.82 Å². The molecule has 2 aromatic carbocycles. The van der Waals surface area contributed by atoms with Gasteiger partial charge >= 0.3 is 0 Å². The molecule has 0 unspecified atom stereocenters. The highest BCUT2D eigenvalue weighted by Gasteiger charge is 2.12. The fourth-order valence-corrected chi connectivity index (χ4v) is 2.37. The molecule has 1 amide bonds. The van der Waals surface area contributed by atoms with E-state index in [0.29, 0.717) is 11.1 Å². The average Bonchev–Trinajstić information content (AvgIpc) is 2.89. The van der Waals surface area contributed by atoms with Gasteiger partial charge in [-0.05, 0) is 60.9 Å². The molecule has 0 bridgehead atoms. The molecule has 3 nitrogen and oxygen atoms in total. The quantitative estimate of drug-likeness (QED) is 0.878. The van der Waals surface area contributed by atoms with Crippen LogP contribution >= 0.6 is 0 Å². The van der Waals surface area contributed by atoms with Gasteiger partial charge < -0.3 is 10.6 Å². The molecule has 0 atom stereocenters. The highest BCUT2D eigenvalue weighted by atomic mass is 19.1. The molecular weight excluding hydrogens is 255 g/mol. The van der Waals surface area contributed by atoms with E-state index >= 15 is 0 Å². The summed E-state index contributed by atoms with van der Waals surface area (Å²) in [7, 11) is 0. The maximum absolute atomic E-state index is 13.2. The number of aryl methyl sites for hydroxylation is 1. The zero-order valence-electron chi connectivity index (χ0n) is 11.2. The second kappa shape index (κ2) is 4.96. The van der Waals surface area contributed by atoms with Crippen LogP contribution in [0.5, 0.6) is 0 Å². The third-order valence-electron chi connectivity index (χ3n) is 3.49. The van der Waals surface area contributed by atoms with Gasteiger partial charge in [-0.15, -0.1) is 0 Å². The topological polar surface area (TPSA) is 41.1 Å². The summed E-state index contributed by atoms with van der Waals surface area (Å²) in [5, 5.41) is 6.12. The molecule has 3 rings (SSSR count). The molecule has 0 radical (unpaired) electrons. The number of carbonyl (C=O) groups is 1. The molecule has 0 saturated heterocycles. The Morgan fingerprint density at radius 3 is 2.90 bits per heavy atom. The van der Waals surface area contributed by atoms with E-state index in [4.69, 9.17) is 0 Å². The van der Waals surface area contributed by atoms with Crippen LogP contribution in [0.1, 0.15) is 21.5 Å². The van der Waals surface area contributed by atoms with Crippen molar-refractivity contribution in [3.8, 4) is 0 Å². The molecule has 2 aromatic rings. The van der Waals surface area contributed by atoms with Gasteiger partial charge in [0.2, 0.25) is 0 Å². The summed E-state index contributed by atoms with van der Waals surface area (Å²) >= 11 is 0. The van der Waals surface area contributed by atoms with Gasteiger partial charge in [0.25, 0.3) is 5.91 Å². The number of fused-ring (bicyclic) bond motifs is 1. The zero-order chi connectivity index (χ0) is 14.1. The lowest BCUT2D eigenvalue weighted by Gasteiger charge is -2.08. The van der Waals surface area contributed by atoms with Crippen molar-refractivity contribution in [1.29, 1.82) is 0 Å². The van der Waals surface area contributed by atoms with E-state index < -0.39 is 0 Å². The van der Waals surface area contributed by atoms with E-state index in [1.165, 1.54) is 17.7 Å². The van der Waals surface area contributed by atoms with Crippen molar-refractivity contribution in [3.63, 3.8) is 0 Å². The van der Waals surface area contributed by atoms with E-state index in [1.807, 2.05) is 18.2 Å². The van der Waals surface area contributed by atoms with Gasteiger partial charge in [0.15, 0.2) is 0 Å². The Kier molecular flexibility index (Phi) is 3.14. The van der Waals surface area contributed by atoms with E-state index in [0.717, 1.165) is 24.3 Å². The van der Waals surface area contributed by atoms with Crippen molar-refractivity contribution in [2.75, 3.05) is 17.2 Å². The van der Waals surface area contributed by atoms with E-state index in [1.54, 1.807) is 13.0 Å². The Hall–Kier alpha value is -2.36. The number of hydrogen-bond acceptors (Lipinski definition) is 2. The molecule has 0 aromatic heterocycles. The van der Waals surface area contributed by atoms with Crippen LogP contribution in [-0.4, -0.2) is 12.5 Å². The Morgan fingerprint density at radius 1 is 1.25 bits per heavy atom. The van der Waals surface area contributed by atoms with Crippen molar-refractivity contribution >= 4 is 17.3 Å². The lowest BCUT2D eigenvalue weighted by Crippen LogP contribution is -2.12. The van der Waals surface area contributed by atoms with Gasteiger partial charge in [0.05, 0.1) is 0 Å². The molecule has 0 aliphatic carbocycles. The Balaban J connectivity index is 1.80. The third-order valence-corrected chi connectivity index (χ3v) is 3.49. The lowest BCUT2D eigenvalue weighted by atomic mass is 10.1. The predicted molar refractivity (Wildman–Crippen MR) is 77.7 cm³/mol. The van der Waals surface area contributed by atoms with Crippen molar-refractivity contribution in [3.05, 3.63) is 58.9 Å². The molecule has 0 spiro atoms. The average molecular weight is 270 g/mol. The second-order valence-corrected chi connectivity index (χ2v) is 4.97. The number of hydrogen-bond donors (Lipinski definition) is 2. The molecule has 4 heteroatoms. The first kappa shape index (κ1) is 12.7. The molecule has 2 N–H and O–H groups in total. The smallest absolute Gasteiger partial charge is 0.255 e. The molecular formula is C16H15FN2O. The highest BCUT2D eigenvalue weighted by molar-refractivity contribution is 6.04. The number of halogens is 1. The number of amides is 1. The molecule has 0 fully saturated rings. The van der Waals surface area contributed by atoms with Crippen molar-refractivity contribution in [2.45, 2.75) is 13.3 Å². The van der Waals surface area contributed by atoms with E-state index in [2.05, 4.69) is 10.6 Å². The summed E-state index contributed by atoms with van der Waals surface area (Å²) in [4.78, 5) is 12.1. The largest absolute Gasteiger partial charge is 0.384 e. The Bertz CT molecular complexity index is 682. The maximum atomic E-state index is 13.2. The minimum Gasteiger partial charge on any atom is -0.384 e. The summed E-state index contributed by atoms with van der Waals surface area (Å²) in [6.45, 7) is 2.58. The summed E-state index contributed by atoms with van der Waals surface area (Å²) in [5.41, 5.74) is 4.02. The van der Waals surface area contributed by atoms with Crippen LogP contribution in [0.15, 0.2) is 36.4 Å². The highest BCUT2D eigenvalue weighted by Crippen LogP contribution is 2.25. The maximum Gasteiger partial charge on any atom is 0.255 e. The summed E-state index contributed by atoms with van der Waals surface area (Å²) in [5.74, 6) is -0.524. The Labute approximate surface area is 116 Å².